The lowest BCUT2D eigenvalue weighted by Crippen LogP contribution is -2.19. The topological polar surface area (TPSA) is 72.2 Å². The van der Waals surface area contributed by atoms with Gasteiger partial charge < -0.3 is 9.67 Å². The third-order valence-corrected chi connectivity index (χ3v) is 5.69. The third kappa shape index (κ3) is 3.97. The fraction of sp³-hybridized carbons (Fsp3) is 0.500. The van der Waals surface area contributed by atoms with E-state index in [-0.39, 0.29) is 11.8 Å². The van der Waals surface area contributed by atoms with Crippen LogP contribution in [0.15, 0.2) is 24.4 Å². The minimum Gasteiger partial charge on any atom is -0.481 e. The number of aliphatic carboxylic acids is 1. The molecule has 1 aromatic heterocycles. The summed E-state index contributed by atoms with van der Waals surface area (Å²) < 4.78 is 2.07. The van der Waals surface area contributed by atoms with Gasteiger partial charge in [0, 0.05) is 18.3 Å². The second-order valence-corrected chi connectivity index (χ2v) is 7.42. The fourth-order valence-electron chi connectivity index (χ4n) is 4.26. The molecule has 144 valence electrons. The van der Waals surface area contributed by atoms with E-state index in [1.54, 1.807) is 0 Å². The van der Waals surface area contributed by atoms with Gasteiger partial charge in [-0.05, 0) is 48.8 Å². The zero-order valence-corrected chi connectivity index (χ0v) is 16.1. The number of imidazole rings is 1. The highest BCUT2D eigenvalue weighted by molar-refractivity contribution is 5.74. The van der Waals surface area contributed by atoms with Crippen molar-refractivity contribution >= 4 is 12.3 Å². The van der Waals surface area contributed by atoms with Crippen molar-refractivity contribution in [3.8, 4) is 11.4 Å². The zero-order valence-electron chi connectivity index (χ0n) is 16.1. The number of carboxylic acid groups (broad SMARTS) is 1. The summed E-state index contributed by atoms with van der Waals surface area (Å²) in [6, 6.07) is 6.23. The standard InChI is InChI=1S/C22H28N2O3/c1-3-5-6-11-24-13-17(14-25)23-21(24)16-8-9-19-15(12-16)7-10-20(19)18(4-2)22(26)27/h8-9,12-14,18,20H,3-7,10-11H2,1-2H3,(H,26,27). The number of aromatic nitrogens is 2. The molecule has 1 N–H and O–H groups in total. The Morgan fingerprint density at radius 3 is 2.85 bits per heavy atom. The molecule has 1 aromatic carbocycles. The average Bonchev–Trinajstić information content (AvgIpc) is 3.26. The van der Waals surface area contributed by atoms with Crippen molar-refractivity contribution in [3.63, 3.8) is 0 Å². The second-order valence-electron chi connectivity index (χ2n) is 7.42. The van der Waals surface area contributed by atoms with Gasteiger partial charge in [0.15, 0.2) is 6.29 Å². The highest BCUT2D eigenvalue weighted by atomic mass is 16.4. The van der Waals surface area contributed by atoms with Crippen LogP contribution < -0.4 is 0 Å². The Balaban J connectivity index is 1.91. The summed E-state index contributed by atoms with van der Waals surface area (Å²) in [5.74, 6) is -0.118. The summed E-state index contributed by atoms with van der Waals surface area (Å²) in [6.07, 6.45) is 8.39. The van der Waals surface area contributed by atoms with Gasteiger partial charge in [-0.25, -0.2) is 4.98 Å². The Bertz CT molecular complexity index is 825. The quantitative estimate of drug-likeness (QED) is 0.515. The summed E-state index contributed by atoms with van der Waals surface area (Å²) in [5, 5.41) is 9.51. The molecule has 3 rings (SSSR count). The van der Waals surface area contributed by atoms with Gasteiger partial charge in [-0.3, -0.25) is 9.59 Å². The van der Waals surface area contributed by atoms with Crippen LogP contribution in [-0.2, 0) is 17.8 Å². The number of unbranched alkanes of at least 4 members (excludes halogenated alkanes) is 2. The van der Waals surface area contributed by atoms with E-state index < -0.39 is 5.97 Å². The van der Waals surface area contributed by atoms with Crippen LogP contribution in [0.1, 0.15) is 73.5 Å². The first-order valence-corrected chi connectivity index (χ1v) is 9.97. The molecule has 2 unspecified atom stereocenters. The molecule has 2 atom stereocenters. The van der Waals surface area contributed by atoms with Gasteiger partial charge in [0.05, 0.1) is 5.92 Å². The van der Waals surface area contributed by atoms with Crippen molar-refractivity contribution in [2.45, 2.75) is 64.8 Å². The molecule has 0 spiro atoms. The van der Waals surface area contributed by atoms with Crippen LogP contribution in [-0.4, -0.2) is 26.9 Å². The number of carbonyl (C=O) groups is 2. The summed E-state index contributed by atoms with van der Waals surface area (Å²) >= 11 is 0. The maximum atomic E-state index is 11.6. The molecule has 27 heavy (non-hydrogen) atoms. The molecule has 1 aliphatic rings. The molecule has 5 nitrogen and oxygen atoms in total. The first-order chi connectivity index (χ1) is 13.1. The van der Waals surface area contributed by atoms with E-state index in [1.807, 2.05) is 19.2 Å². The Morgan fingerprint density at radius 2 is 2.19 bits per heavy atom. The lowest BCUT2D eigenvalue weighted by molar-refractivity contribution is -0.142. The number of aryl methyl sites for hydroxylation is 2. The van der Waals surface area contributed by atoms with Crippen LogP contribution >= 0.6 is 0 Å². The van der Waals surface area contributed by atoms with Gasteiger partial charge in [0.1, 0.15) is 11.5 Å². The van der Waals surface area contributed by atoms with E-state index in [9.17, 15) is 14.7 Å². The lowest BCUT2D eigenvalue weighted by Gasteiger charge is -2.19. The van der Waals surface area contributed by atoms with Crippen molar-refractivity contribution in [1.82, 2.24) is 9.55 Å². The first kappa shape index (κ1) is 19.3. The number of benzene rings is 1. The van der Waals surface area contributed by atoms with Crippen molar-refractivity contribution in [2.75, 3.05) is 0 Å². The molecule has 2 aromatic rings. The van der Waals surface area contributed by atoms with Gasteiger partial charge in [-0.1, -0.05) is 38.8 Å². The molecule has 0 saturated carbocycles. The second kappa shape index (κ2) is 8.51. The summed E-state index contributed by atoms with van der Waals surface area (Å²) in [7, 11) is 0. The van der Waals surface area contributed by atoms with E-state index in [2.05, 4.69) is 28.6 Å². The molecule has 0 saturated heterocycles. The number of hydrogen-bond acceptors (Lipinski definition) is 3. The largest absolute Gasteiger partial charge is 0.481 e. The minimum absolute atomic E-state index is 0.0892. The lowest BCUT2D eigenvalue weighted by atomic mass is 9.85. The number of carbonyl (C=O) groups excluding carboxylic acids is 1. The maximum Gasteiger partial charge on any atom is 0.307 e. The minimum atomic E-state index is -0.707. The monoisotopic (exact) mass is 368 g/mol. The van der Waals surface area contributed by atoms with Crippen molar-refractivity contribution in [1.29, 1.82) is 0 Å². The summed E-state index contributed by atoms with van der Waals surface area (Å²) in [4.78, 5) is 27.3. The van der Waals surface area contributed by atoms with Crippen LogP contribution in [0.3, 0.4) is 0 Å². The number of hydrogen-bond donors (Lipinski definition) is 1. The van der Waals surface area contributed by atoms with E-state index in [0.717, 1.165) is 61.9 Å². The molecule has 0 amide bonds. The van der Waals surface area contributed by atoms with E-state index in [0.29, 0.717) is 12.1 Å². The van der Waals surface area contributed by atoms with Crippen molar-refractivity contribution in [2.24, 2.45) is 5.92 Å². The highest BCUT2D eigenvalue weighted by Crippen LogP contribution is 2.41. The maximum absolute atomic E-state index is 11.6. The van der Waals surface area contributed by atoms with Crippen LogP contribution in [0, 0.1) is 5.92 Å². The Kier molecular flexibility index (Phi) is 6.09. The highest BCUT2D eigenvalue weighted by Gasteiger charge is 2.33. The summed E-state index contributed by atoms with van der Waals surface area (Å²) in [5.41, 5.74) is 3.83. The van der Waals surface area contributed by atoms with Crippen molar-refractivity contribution < 1.29 is 14.7 Å². The Hall–Kier alpha value is -2.43. The van der Waals surface area contributed by atoms with Gasteiger partial charge >= 0.3 is 5.97 Å². The molecule has 0 aliphatic heterocycles. The predicted octanol–water partition coefficient (Wildman–Crippen LogP) is 4.69. The predicted molar refractivity (Wildman–Crippen MR) is 105 cm³/mol. The first-order valence-electron chi connectivity index (χ1n) is 9.97. The smallest absolute Gasteiger partial charge is 0.307 e. The van der Waals surface area contributed by atoms with Gasteiger partial charge in [0.25, 0.3) is 0 Å². The number of rotatable bonds is 9. The van der Waals surface area contributed by atoms with Gasteiger partial charge in [0.2, 0.25) is 0 Å². The Labute approximate surface area is 160 Å². The normalized spacial score (nSPS) is 16.9. The third-order valence-electron chi connectivity index (χ3n) is 5.69. The van der Waals surface area contributed by atoms with E-state index in [4.69, 9.17) is 0 Å². The van der Waals surface area contributed by atoms with E-state index >= 15 is 0 Å². The number of carboxylic acids is 1. The number of nitrogens with zero attached hydrogens (tertiary/aromatic N) is 2. The molecule has 0 radical (unpaired) electrons. The molecule has 0 bridgehead atoms. The molecule has 5 heteroatoms. The molecular weight excluding hydrogens is 340 g/mol. The summed E-state index contributed by atoms with van der Waals surface area (Å²) in [6.45, 7) is 4.96. The number of aldehydes is 1. The molecule has 0 fully saturated rings. The van der Waals surface area contributed by atoms with E-state index in [1.165, 1.54) is 5.56 Å². The van der Waals surface area contributed by atoms with Gasteiger partial charge in [-0.2, -0.15) is 0 Å². The SMILES string of the molecule is CCCCCn1cc(C=O)nc1-c1ccc2c(c1)CCC2C(CC)C(=O)O. The number of fused-ring (bicyclic) bond motifs is 1. The zero-order chi connectivity index (χ0) is 19.4. The molecule has 1 heterocycles. The Morgan fingerprint density at radius 1 is 1.37 bits per heavy atom. The van der Waals surface area contributed by atoms with Crippen LogP contribution in [0.5, 0.6) is 0 Å². The van der Waals surface area contributed by atoms with Crippen LogP contribution in [0.4, 0.5) is 0 Å². The van der Waals surface area contributed by atoms with Gasteiger partial charge in [-0.15, -0.1) is 0 Å². The van der Waals surface area contributed by atoms with Crippen molar-refractivity contribution in [3.05, 3.63) is 41.2 Å². The molecular formula is C22H28N2O3. The molecule has 1 aliphatic carbocycles. The fourth-order valence-corrected chi connectivity index (χ4v) is 4.26. The van der Waals surface area contributed by atoms with Crippen LogP contribution in [0.25, 0.3) is 11.4 Å². The average molecular weight is 368 g/mol. The van der Waals surface area contributed by atoms with Crippen LogP contribution in [0.2, 0.25) is 0 Å².